The zero-order chi connectivity index (χ0) is 27.0. The summed E-state index contributed by atoms with van der Waals surface area (Å²) in [5.74, 6) is -0.282. The molecule has 1 N–H and O–H groups in total. The molecule has 1 aromatic heterocycles. The van der Waals surface area contributed by atoms with Crippen LogP contribution in [0.1, 0.15) is 59.1 Å². The quantitative estimate of drug-likeness (QED) is 0.313. The van der Waals surface area contributed by atoms with Crippen molar-refractivity contribution in [3.05, 3.63) is 86.9 Å². The Kier molecular flexibility index (Phi) is 7.41. The summed E-state index contributed by atoms with van der Waals surface area (Å²) in [6.45, 7) is 8.43. The molecule has 198 valence electrons. The molecular formula is C30H33ClN4O3. The Hall–Kier alpha value is -3.42. The smallest absolute Gasteiger partial charge is 0.304 e. The number of carboxylic acid groups (broad SMARTS) is 1. The maximum Gasteiger partial charge on any atom is 0.304 e. The Morgan fingerprint density at radius 3 is 2.79 bits per heavy atom. The molecule has 3 aromatic carbocycles. The topological polar surface area (TPSA) is 80.5 Å². The highest BCUT2D eigenvalue weighted by molar-refractivity contribution is 6.31. The summed E-state index contributed by atoms with van der Waals surface area (Å²) in [4.78, 5) is 14.4. The van der Waals surface area contributed by atoms with E-state index >= 15 is 0 Å². The summed E-state index contributed by atoms with van der Waals surface area (Å²) >= 11 is 6.57. The molecule has 4 aromatic rings. The lowest BCUT2D eigenvalue weighted by atomic mass is 9.84. The predicted octanol–water partition coefficient (Wildman–Crippen LogP) is 6.02. The van der Waals surface area contributed by atoms with Gasteiger partial charge in [0.15, 0.2) is 0 Å². The molecule has 2 unspecified atom stereocenters. The third-order valence-corrected chi connectivity index (χ3v) is 8.03. The van der Waals surface area contributed by atoms with Gasteiger partial charge in [0.1, 0.15) is 17.4 Å². The first kappa shape index (κ1) is 26.2. The second-order valence-corrected chi connectivity index (χ2v) is 10.6. The fraction of sp³-hybridized carbons (Fsp3) is 0.367. The summed E-state index contributed by atoms with van der Waals surface area (Å²) in [5, 5.41) is 19.0. The van der Waals surface area contributed by atoms with Crippen LogP contribution in [-0.4, -0.2) is 43.6 Å². The number of aryl methyl sites for hydroxylation is 3. The van der Waals surface area contributed by atoms with E-state index in [0.29, 0.717) is 18.1 Å². The van der Waals surface area contributed by atoms with Gasteiger partial charge in [0, 0.05) is 43.2 Å². The van der Waals surface area contributed by atoms with Gasteiger partial charge in [-0.05, 0) is 66.3 Å². The fourth-order valence-corrected chi connectivity index (χ4v) is 5.68. The predicted molar refractivity (Wildman–Crippen MR) is 149 cm³/mol. The Labute approximate surface area is 228 Å². The monoisotopic (exact) mass is 532 g/mol. The Morgan fingerprint density at radius 1 is 1.21 bits per heavy atom. The van der Waals surface area contributed by atoms with Crippen molar-refractivity contribution in [1.82, 2.24) is 19.9 Å². The van der Waals surface area contributed by atoms with E-state index in [1.165, 1.54) is 11.1 Å². The number of rotatable bonds is 7. The summed E-state index contributed by atoms with van der Waals surface area (Å²) < 4.78 is 8.03. The van der Waals surface area contributed by atoms with Crippen LogP contribution in [0.2, 0.25) is 5.02 Å². The van der Waals surface area contributed by atoms with Crippen molar-refractivity contribution < 1.29 is 14.6 Å². The molecule has 0 fully saturated rings. The third-order valence-electron chi connectivity index (χ3n) is 7.67. The van der Waals surface area contributed by atoms with Crippen molar-refractivity contribution in [3.63, 3.8) is 0 Å². The van der Waals surface area contributed by atoms with Crippen LogP contribution < -0.4 is 4.74 Å². The van der Waals surface area contributed by atoms with Crippen LogP contribution in [0.25, 0.3) is 11.0 Å². The molecule has 5 rings (SSSR count). The highest BCUT2D eigenvalue weighted by atomic mass is 35.5. The van der Waals surface area contributed by atoms with Gasteiger partial charge >= 0.3 is 5.97 Å². The number of nitrogens with zero attached hydrogens (tertiary/aromatic N) is 4. The molecule has 0 saturated heterocycles. The van der Waals surface area contributed by atoms with Crippen LogP contribution in [0.3, 0.4) is 0 Å². The first-order valence-electron chi connectivity index (χ1n) is 13.0. The molecule has 0 bridgehead atoms. The lowest BCUT2D eigenvalue weighted by molar-refractivity contribution is -0.137. The number of benzene rings is 3. The first-order chi connectivity index (χ1) is 18.2. The highest BCUT2D eigenvalue weighted by Crippen LogP contribution is 2.36. The lowest BCUT2D eigenvalue weighted by Gasteiger charge is -2.25. The second kappa shape index (κ2) is 10.8. The minimum atomic E-state index is -0.836. The van der Waals surface area contributed by atoms with E-state index in [1.807, 2.05) is 44.3 Å². The van der Waals surface area contributed by atoms with E-state index in [-0.39, 0.29) is 18.4 Å². The normalized spacial score (nSPS) is 16.6. The van der Waals surface area contributed by atoms with Crippen molar-refractivity contribution in [2.75, 3.05) is 6.54 Å². The van der Waals surface area contributed by atoms with E-state index in [1.54, 1.807) is 4.68 Å². The second-order valence-electron chi connectivity index (χ2n) is 10.2. The zero-order valence-corrected chi connectivity index (χ0v) is 23.0. The first-order valence-corrected chi connectivity index (χ1v) is 13.4. The van der Waals surface area contributed by atoms with Gasteiger partial charge in [-0.15, -0.1) is 5.10 Å². The molecule has 0 saturated carbocycles. The summed E-state index contributed by atoms with van der Waals surface area (Å²) in [7, 11) is 1.86. The van der Waals surface area contributed by atoms with Gasteiger partial charge < -0.3 is 9.84 Å². The molecule has 2 heterocycles. The standard InChI is InChI=1S/C30H33ClN4O3/c1-5-22-16-35(17-25-26(31)7-6-8-28(25)38-22)15-21-13-20(10-9-18(21)2)24(14-29(36)37)23-11-12-27-30(19(23)3)32-33-34(27)4/h6-13,22,24H,5,14-17H2,1-4H3,(H,36,37). The van der Waals surface area contributed by atoms with Crippen LogP contribution in [0.15, 0.2) is 48.5 Å². The van der Waals surface area contributed by atoms with Gasteiger partial charge in [-0.1, -0.05) is 54.1 Å². The van der Waals surface area contributed by atoms with Crippen molar-refractivity contribution in [2.24, 2.45) is 7.05 Å². The summed E-state index contributed by atoms with van der Waals surface area (Å²) in [5.41, 5.74) is 7.99. The van der Waals surface area contributed by atoms with E-state index < -0.39 is 5.97 Å². The maximum absolute atomic E-state index is 12.0. The van der Waals surface area contributed by atoms with Crippen LogP contribution in [-0.2, 0) is 24.9 Å². The van der Waals surface area contributed by atoms with E-state index in [2.05, 4.69) is 47.3 Å². The molecule has 1 aliphatic rings. The Bertz CT molecular complexity index is 1500. The van der Waals surface area contributed by atoms with Gasteiger partial charge in [0.2, 0.25) is 0 Å². The average Bonchev–Trinajstić information content (AvgIpc) is 3.16. The molecule has 0 spiro atoms. The van der Waals surface area contributed by atoms with Gasteiger partial charge in [0.05, 0.1) is 11.9 Å². The van der Waals surface area contributed by atoms with Gasteiger partial charge in [-0.2, -0.15) is 0 Å². The number of carbonyl (C=O) groups is 1. The molecule has 2 atom stereocenters. The minimum Gasteiger partial charge on any atom is -0.489 e. The number of halogens is 1. The van der Waals surface area contributed by atoms with Crippen molar-refractivity contribution in [1.29, 1.82) is 0 Å². The van der Waals surface area contributed by atoms with Gasteiger partial charge in [0.25, 0.3) is 0 Å². The van der Waals surface area contributed by atoms with Crippen LogP contribution in [0.5, 0.6) is 5.75 Å². The Morgan fingerprint density at radius 2 is 2.03 bits per heavy atom. The number of hydrogen-bond donors (Lipinski definition) is 1. The SMILES string of the molecule is CCC1CN(Cc2cc(C(CC(=O)O)c3ccc4c(nnn4C)c3C)ccc2C)Cc2c(Cl)cccc2O1. The third kappa shape index (κ3) is 5.13. The van der Waals surface area contributed by atoms with Crippen molar-refractivity contribution >= 4 is 28.6 Å². The molecule has 38 heavy (non-hydrogen) atoms. The van der Waals surface area contributed by atoms with E-state index in [9.17, 15) is 9.90 Å². The maximum atomic E-state index is 12.0. The summed E-state index contributed by atoms with van der Waals surface area (Å²) in [6, 6.07) is 16.2. The minimum absolute atomic E-state index is 0.00639. The number of aliphatic carboxylic acids is 1. The number of fused-ring (bicyclic) bond motifs is 2. The number of ether oxygens (including phenoxy) is 1. The van der Waals surface area contributed by atoms with E-state index in [0.717, 1.165) is 52.0 Å². The number of hydrogen-bond acceptors (Lipinski definition) is 5. The summed E-state index contributed by atoms with van der Waals surface area (Å²) in [6.07, 6.45) is 0.958. The number of carboxylic acids is 1. The highest BCUT2D eigenvalue weighted by Gasteiger charge is 2.26. The Balaban J connectivity index is 1.51. The fourth-order valence-electron chi connectivity index (χ4n) is 5.46. The van der Waals surface area contributed by atoms with Crippen LogP contribution in [0, 0.1) is 13.8 Å². The zero-order valence-electron chi connectivity index (χ0n) is 22.2. The largest absolute Gasteiger partial charge is 0.489 e. The lowest BCUT2D eigenvalue weighted by Crippen LogP contribution is -2.32. The van der Waals surface area contributed by atoms with Crippen LogP contribution in [0.4, 0.5) is 0 Å². The van der Waals surface area contributed by atoms with Crippen LogP contribution >= 0.6 is 11.6 Å². The van der Waals surface area contributed by atoms with Crippen molar-refractivity contribution in [3.8, 4) is 5.75 Å². The molecule has 8 heteroatoms. The van der Waals surface area contributed by atoms with Gasteiger partial charge in [-0.25, -0.2) is 4.68 Å². The van der Waals surface area contributed by atoms with E-state index in [4.69, 9.17) is 16.3 Å². The average molecular weight is 533 g/mol. The number of aromatic nitrogens is 3. The molecule has 7 nitrogen and oxygen atoms in total. The molecule has 0 aliphatic carbocycles. The molecular weight excluding hydrogens is 500 g/mol. The molecule has 0 amide bonds. The molecule has 0 radical (unpaired) electrons. The van der Waals surface area contributed by atoms with Gasteiger partial charge in [-0.3, -0.25) is 9.69 Å². The molecule has 1 aliphatic heterocycles. The van der Waals surface area contributed by atoms with Crippen molar-refractivity contribution in [2.45, 2.75) is 58.7 Å².